The summed E-state index contributed by atoms with van der Waals surface area (Å²) in [5, 5.41) is 5.58. The smallest absolute Gasteiger partial charge is 0.122 e. The fraction of sp³-hybridized carbons (Fsp3) is 0.333. The van der Waals surface area contributed by atoms with Crippen LogP contribution in [0.1, 0.15) is 23.3 Å². The van der Waals surface area contributed by atoms with E-state index in [0.717, 1.165) is 18.3 Å². The highest BCUT2D eigenvalue weighted by Gasteiger charge is 2.19. The van der Waals surface area contributed by atoms with Crippen molar-refractivity contribution in [3.8, 4) is 5.75 Å². The summed E-state index contributed by atoms with van der Waals surface area (Å²) in [6, 6.07) is 13.3. The maximum atomic E-state index is 5.73. The first-order chi connectivity index (χ1) is 8.90. The van der Waals surface area contributed by atoms with Gasteiger partial charge in [0.05, 0.1) is 0 Å². The zero-order chi connectivity index (χ0) is 12.2. The molecule has 1 fully saturated rings. The Morgan fingerprint density at radius 2 is 1.95 bits per heavy atom. The lowest BCUT2D eigenvalue weighted by molar-refractivity contribution is 0.309. The summed E-state index contributed by atoms with van der Waals surface area (Å²) in [5.41, 5.74) is 1.32. The van der Waals surface area contributed by atoms with Crippen LogP contribution in [0.3, 0.4) is 0 Å². The molecule has 1 saturated carbocycles. The first kappa shape index (κ1) is 14.4. The fourth-order valence-electron chi connectivity index (χ4n) is 1.80. The molecule has 3 rings (SSSR count). The molecule has 1 N–H and O–H groups in total. The molecule has 0 amide bonds. The van der Waals surface area contributed by atoms with E-state index in [1.165, 1.54) is 23.3 Å². The van der Waals surface area contributed by atoms with E-state index in [9.17, 15) is 0 Å². The third-order valence-corrected chi connectivity index (χ3v) is 3.91. The SMILES string of the molecule is Cl.c1csc(COc2ccc(CNC3CC3)cc2)c1. The minimum Gasteiger partial charge on any atom is -0.488 e. The predicted octanol–water partition coefficient (Wildman–Crippen LogP) is 4.00. The highest BCUT2D eigenvalue weighted by atomic mass is 35.5. The second-order valence-corrected chi connectivity index (χ2v) is 5.70. The van der Waals surface area contributed by atoms with Crippen LogP contribution in [0.15, 0.2) is 41.8 Å². The van der Waals surface area contributed by atoms with Gasteiger partial charge in [-0.25, -0.2) is 0 Å². The van der Waals surface area contributed by atoms with Crippen molar-refractivity contribution in [2.24, 2.45) is 0 Å². The van der Waals surface area contributed by atoms with Gasteiger partial charge in [0.15, 0.2) is 0 Å². The number of benzene rings is 1. The normalized spacial score (nSPS) is 13.9. The van der Waals surface area contributed by atoms with Gasteiger partial charge in [-0.05, 0) is 42.0 Å². The molecule has 0 unspecified atom stereocenters. The van der Waals surface area contributed by atoms with Gasteiger partial charge in [-0.1, -0.05) is 18.2 Å². The van der Waals surface area contributed by atoms with Crippen molar-refractivity contribution in [1.29, 1.82) is 0 Å². The van der Waals surface area contributed by atoms with Crippen molar-refractivity contribution in [2.45, 2.75) is 32.0 Å². The lowest BCUT2D eigenvalue weighted by Gasteiger charge is -2.06. The number of hydrogen-bond donors (Lipinski definition) is 1. The summed E-state index contributed by atoms with van der Waals surface area (Å²) in [5.74, 6) is 0.943. The third kappa shape index (κ3) is 4.53. The van der Waals surface area contributed by atoms with Gasteiger partial charge < -0.3 is 10.1 Å². The highest BCUT2D eigenvalue weighted by molar-refractivity contribution is 7.09. The molecule has 1 aliphatic rings. The summed E-state index contributed by atoms with van der Waals surface area (Å²) in [7, 11) is 0. The lowest BCUT2D eigenvalue weighted by Crippen LogP contribution is -2.15. The topological polar surface area (TPSA) is 21.3 Å². The van der Waals surface area contributed by atoms with Crippen LogP contribution in [-0.2, 0) is 13.2 Å². The van der Waals surface area contributed by atoms with E-state index < -0.39 is 0 Å². The van der Waals surface area contributed by atoms with Crippen molar-refractivity contribution in [3.63, 3.8) is 0 Å². The zero-order valence-electron chi connectivity index (χ0n) is 10.7. The van der Waals surface area contributed by atoms with Gasteiger partial charge in [0.2, 0.25) is 0 Å². The van der Waals surface area contributed by atoms with E-state index in [4.69, 9.17) is 4.74 Å². The van der Waals surface area contributed by atoms with Crippen molar-refractivity contribution < 1.29 is 4.74 Å². The Morgan fingerprint density at radius 1 is 1.16 bits per heavy atom. The average molecular weight is 296 g/mol. The zero-order valence-corrected chi connectivity index (χ0v) is 12.3. The van der Waals surface area contributed by atoms with Crippen LogP contribution in [0.4, 0.5) is 0 Å². The first-order valence-corrected chi connectivity index (χ1v) is 7.25. The van der Waals surface area contributed by atoms with Gasteiger partial charge in [0, 0.05) is 17.5 Å². The van der Waals surface area contributed by atoms with Crippen LogP contribution in [0.2, 0.25) is 0 Å². The van der Waals surface area contributed by atoms with E-state index in [-0.39, 0.29) is 12.4 Å². The summed E-state index contributed by atoms with van der Waals surface area (Å²) in [6.45, 7) is 1.63. The molecule has 2 nitrogen and oxygen atoms in total. The summed E-state index contributed by atoms with van der Waals surface area (Å²) in [6.07, 6.45) is 2.67. The van der Waals surface area contributed by atoms with Crippen LogP contribution < -0.4 is 10.1 Å². The van der Waals surface area contributed by atoms with Gasteiger partial charge in [0.1, 0.15) is 12.4 Å². The van der Waals surface area contributed by atoms with E-state index in [2.05, 4.69) is 47.1 Å². The van der Waals surface area contributed by atoms with Crippen molar-refractivity contribution in [2.75, 3.05) is 0 Å². The lowest BCUT2D eigenvalue weighted by atomic mass is 10.2. The minimum absolute atomic E-state index is 0. The number of rotatable bonds is 6. The van der Waals surface area contributed by atoms with E-state index in [1.54, 1.807) is 11.3 Å². The van der Waals surface area contributed by atoms with Crippen LogP contribution in [0, 0.1) is 0 Å². The number of thiophene rings is 1. The quantitative estimate of drug-likeness (QED) is 0.870. The van der Waals surface area contributed by atoms with Gasteiger partial charge in [-0.2, -0.15) is 0 Å². The summed E-state index contributed by atoms with van der Waals surface area (Å²) < 4.78 is 5.73. The standard InChI is InChI=1S/C15H17NOS.ClH/c1-2-15(18-9-1)11-17-14-7-3-12(4-8-14)10-16-13-5-6-13;/h1-4,7-9,13,16H,5-6,10-11H2;1H. The molecule has 0 spiro atoms. The molecule has 0 bridgehead atoms. The van der Waals surface area contributed by atoms with Gasteiger partial charge in [-0.3, -0.25) is 0 Å². The largest absolute Gasteiger partial charge is 0.488 e. The molecule has 1 aromatic heterocycles. The number of halogens is 1. The van der Waals surface area contributed by atoms with E-state index in [1.807, 2.05) is 0 Å². The maximum Gasteiger partial charge on any atom is 0.122 e. The van der Waals surface area contributed by atoms with Gasteiger partial charge in [0.25, 0.3) is 0 Å². The average Bonchev–Trinajstić information content (AvgIpc) is 3.09. The Hall–Kier alpha value is -1.03. The molecule has 0 radical (unpaired) electrons. The predicted molar refractivity (Wildman–Crippen MR) is 82.2 cm³/mol. The molecule has 19 heavy (non-hydrogen) atoms. The maximum absolute atomic E-state index is 5.73. The minimum atomic E-state index is 0. The molecule has 0 aliphatic heterocycles. The van der Waals surface area contributed by atoms with Crippen LogP contribution >= 0.6 is 23.7 Å². The Balaban J connectivity index is 0.00000133. The van der Waals surface area contributed by atoms with Crippen LogP contribution in [0.5, 0.6) is 5.75 Å². The Morgan fingerprint density at radius 3 is 2.58 bits per heavy atom. The van der Waals surface area contributed by atoms with Crippen molar-refractivity contribution in [3.05, 3.63) is 52.2 Å². The Bertz CT molecular complexity index is 479. The van der Waals surface area contributed by atoms with E-state index in [0.29, 0.717) is 6.61 Å². The molecule has 1 aliphatic carbocycles. The third-order valence-electron chi connectivity index (χ3n) is 3.06. The fourth-order valence-corrected chi connectivity index (χ4v) is 2.42. The number of nitrogens with one attached hydrogen (secondary N) is 1. The van der Waals surface area contributed by atoms with Crippen molar-refractivity contribution in [1.82, 2.24) is 5.32 Å². The molecular weight excluding hydrogens is 278 g/mol. The molecule has 2 aromatic rings. The molecular formula is C15H18ClNOS. The molecule has 1 heterocycles. The van der Waals surface area contributed by atoms with Gasteiger partial charge >= 0.3 is 0 Å². The summed E-state index contributed by atoms with van der Waals surface area (Å²) >= 11 is 1.73. The Labute approximate surface area is 124 Å². The Kier molecular flexibility index (Phi) is 5.25. The van der Waals surface area contributed by atoms with Crippen LogP contribution in [-0.4, -0.2) is 6.04 Å². The number of hydrogen-bond acceptors (Lipinski definition) is 3. The second-order valence-electron chi connectivity index (χ2n) is 4.67. The molecule has 0 atom stereocenters. The number of ether oxygens (including phenoxy) is 1. The van der Waals surface area contributed by atoms with Crippen molar-refractivity contribution >= 4 is 23.7 Å². The molecule has 0 saturated heterocycles. The molecule has 102 valence electrons. The molecule has 4 heteroatoms. The van der Waals surface area contributed by atoms with Gasteiger partial charge in [-0.15, -0.1) is 23.7 Å². The molecule has 1 aromatic carbocycles. The second kappa shape index (κ2) is 6.94. The van der Waals surface area contributed by atoms with Crippen LogP contribution in [0.25, 0.3) is 0 Å². The van der Waals surface area contributed by atoms with E-state index >= 15 is 0 Å². The summed E-state index contributed by atoms with van der Waals surface area (Å²) in [4.78, 5) is 1.26. The highest BCUT2D eigenvalue weighted by Crippen LogP contribution is 2.20. The monoisotopic (exact) mass is 295 g/mol. The first-order valence-electron chi connectivity index (χ1n) is 6.38.